The molecule has 11 N–H and O–H groups in total. The summed E-state index contributed by atoms with van der Waals surface area (Å²) in [5, 5.41) is 67.8. The molecule has 9 heteroatoms. The zero-order chi connectivity index (χ0) is 33.3. The quantitative estimate of drug-likeness (QED) is 0.179. The minimum absolute atomic E-state index is 0.0149. The van der Waals surface area contributed by atoms with E-state index >= 15 is 0 Å². The molecular formula is C36H58N2O7. The Hall–Kier alpha value is -2.18. The van der Waals surface area contributed by atoms with Crippen molar-refractivity contribution in [3.63, 3.8) is 0 Å². The Balaban J connectivity index is 0.000000288. The average Bonchev–Trinajstić information content (AvgIpc) is 3.06. The maximum Gasteiger partial charge on any atom is 0.106 e. The van der Waals surface area contributed by atoms with Gasteiger partial charge in [-0.25, -0.2) is 0 Å². The van der Waals surface area contributed by atoms with Gasteiger partial charge in [0.05, 0.1) is 23.4 Å². The van der Waals surface area contributed by atoms with Gasteiger partial charge in [-0.1, -0.05) is 93.1 Å². The van der Waals surface area contributed by atoms with Crippen LogP contribution in [-0.2, 0) is 6.42 Å². The van der Waals surface area contributed by atoms with Crippen molar-refractivity contribution in [3.05, 3.63) is 76.9 Å². The largest absolute Gasteiger partial charge is 0.397 e. The fourth-order valence-electron chi connectivity index (χ4n) is 5.90. The van der Waals surface area contributed by atoms with Gasteiger partial charge < -0.3 is 47.2 Å². The molecule has 0 radical (unpaired) electrons. The molecule has 9 nitrogen and oxygen atoms in total. The molecule has 0 unspecified atom stereocenters. The summed E-state index contributed by atoms with van der Waals surface area (Å²) in [5.41, 5.74) is 12.8. The molecule has 0 bridgehead atoms. The molecule has 0 saturated heterocycles. The van der Waals surface area contributed by atoms with E-state index < -0.39 is 35.6 Å². The van der Waals surface area contributed by atoms with Crippen molar-refractivity contribution in [1.82, 2.24) is 0 Å². The summed E-state index contributed by atoms with van der Waals surface area (Å²) in [7, 11) is 0. The fraction of sp³-hybridized carbons (Fsp3) is 0.611. The minimum atomic E-state index is -0.985. The van der Waals surface area contributed by atoms with Gasteiger partial charge in [0, 0.05) is 19.7 Å². The lowest BCUT2D eigenvalue weighted by Gasteiger charge is -2.32. The zero-order valence-electron chi connectivity index (χ0n) is 27.0. The molecule has 45 heavy (non-hydrogen) atoms. The second-order valence-corrected chi connectivity index (χ2v) is 12.5. The molecule has 4 rings (SSSR count). The molecule has 0 aromatic heterocycles. The van der Waals surface area contributed by atoms with Crippen LogP contribution in [-0.4, -0.2) is 78.9 Å². The van der Waals surface area contributed by atoms with Crippen molar-refractivity contribution < 1.29 is 35.7 Å². The number of nitrogens with two attached hydrogens (primary N) is 2. The predicted molar refractivity (Wildman–Crippen MR) is 179 cm³/mol. The van der Waals surface area contributed by atoms with E-state index in [9.17, 15) is 30.6 Å². The lowest BCUT2D eigenvalue weighted by molar-refractivity contribution is -0.00347. The average molecular weight is 631 g/mol. The molecule has 254 valence electrons. The number of hydrogen-bond acceptors (Lipinski definition) is 9. The van der Waals surface area contributed by atoms with Gasteiger partial charge >= 0.3 is 0 Å². The minimum Gasteiger partial charge on any atom is -0.397 e. The van der Waals surface area contributed by atoms with Crippen molar-refractivity contribution in [2.75, 3.05) is 19.7 Å². The van der Waals surface area contributed by atoms with E-state index in [-0.39, 0.29) is 19.7 Å². The summed E-state index contributed by atoms with van der Waals surface area (Å²) in [5.74, 6) is 0. The summed E-state index contributed by atoms with van der Waals surface area (Å²) in [6.07, 6.45) is 11.6. The van der Waals surface area contributed by atoms with Crippen molar-refractivity contribution in [3.8, 4) is 0 Å². The molecule has 2 aromatic carbocycles. The maximum atomic E-state index is 10.5. The fourth-order valence-corrected chi connectivity index (χ4v) is 5.90. The van der Waals surface area contributed by atoms with Crippen LogP contribution in [0, 0.1) is 0 Å². The molecule has 2 saturated carbocycles. The first-order valence-corrected chi connectivity index (χ1v) is 16.6. The van der Waals surface area contributed by atoms with E-state index in [2.05, 4.69) is 0 Å². The normalized spacial score (nSPS) is 20.1. The van der Waals surface area contributed by atoms with Crippen LogP contribution in [0.15, 0.2) is 54.6 Å². The van der Waals surface area contributed by atoms with Gasteiger partial charge in [-0.3, -0.25) is 0 Å². The summed E-state index contributed by atoms with van der Waals surface area (Å²) >= 11 is 0. The predicted octanol–water partition coefficient (Wildman–Crippen LogP) is 3.41. The van der Waals surface area contributed by atoms with Gasteiger partial charge in [-0.15, -0.1) is 0 Å². The Bertz CT molecular complexity index is 1120. The van der Waals surface area contributed by atoms with Gasteiger partial charge in [0.2, 0.25) is 0 Å². The van der Waals surface area contributed by atoms with Crippen LogP contribution in [0.25, 0.3) is 6.08 Å². The molecule has 2 aliphatic rings. The number of aliphatic hydroxyl groups is 7. The number of aliphatic hydroxyl groups excluding tert-OH is 5. The third-order valence-electron chi connectivity index (χ3n) is 8.73. The van der Waals surface area contributed by atoms with E-state index in [4.69, 9.17) is 16.6 Å². The molecule has 0 heterocycles. The Morgan fingerprint density at radius 1 is 0.733 bits per heavy atom. The van der Waals surface area contributed by atoms with Gasteiger partial charge in [0.25, 0.3) is 0 Å². The summed E-state index contributed by atoms with van der Waals surface area (Å²) < 4.78 is 0. The van der Waals surface area contributed by atoms with Crippen LogP contribution < -0.4 is 11.5 Å². The lowest BCUT2D eigenvalue weighted by Crippen LogP contribution is -2.31. The topological polar surface area (TPSA) is 194 Å². The third kappa shape index (κ3) is 13.6. The van der Waals surface area contributed by atoms with E-state index in [1.165, 1.54) is 12.8 Å². The third-order valence-corrected chi connectivity index (χ3v) is 8.73. The molecule has 4 atom stereocenters. The first-order chi connectivity index (χ1) is 21.5. The van der Waals surface area contributed by atoms with Crippen LogP contribution in [0.2, 0.25) is 0 Å². The first kappa shape index (κ1) is 39.0. The number of aryl methyl sites for hydroxylation is 1. The second kappa shape index (κ2) is 20.1. The highest BCUT2D eigenvalue weighted by Crippen LogP contribution is 2.32. The maximum absolute atomic E-state index is 10.5. The van der Waals surface area contributed by atoms with Crippen LogP contribution >= 0.6 is 0 Å². The molecule has 0 aliphatic heterocycles. The summed E-state index contributed by atoms with van der Waals surface area (Å²) in [6.45, 7) is 1.98. The zero-order valence-corrected chi connectivity index (χ0v) is 27.0. The Morgan fingerprint density at radius 2 is 1.22 bits per heavy atom. The Morgan fingerprint density at radius 3 is 1.76 bits per heavy atom. The monoisotopic (exact) mass is 630 g/mol. The van der Waals surface area contributed by atoms with E-state index in [1.54, 1.807) is 19.1 Å². The van der Waals surface area contributed by atoms with E-state index in [0.717, 1.165) is 75.3 Å². The molecule has 2 aromatic rings. The molecular weight excluding hydrogens is 572 g/mol. The lowest BCUT2D eigenvalue weighted by atomic mass is 9.81. The standard InChI is InChI=1S/C17H27NO3.C17H25NO3.C2H6O/c2*18-12-15(19)16(20)14-6-4-5-13(11-14)7-10-17(21)8-2-1-3-9-17;1-2-3/h4-6,11,15-16,19-21H,1-3,7-10,12,18H2;4-7,10-11,15-16,19-21H,1-3,8-9,12,18H2;3H,2H2,1H3/b;10-7+;/t2*15-,16-;/m00./s1. The highest BCUT2D eigenvalue weighted by molar-refractivity contribution is 5.52. The van der Waals surface area contributed by atoms with E-state index in [1.807, 2.05) is 48.6 Å². The Labute approximate surface area is 269 Å². The smallest absolute Gasteiger partial charge is 0.106 e. The summed E-state index contributed by atoms with van der Waals surface area (Å²) in [6, 6.07) is 14.9. The van der Waals surface area contributed by atoms with Gasteiger partial charge in [-0.05, 0) is 73.8 Å². The number of benzene rings is 2. The molecule has 2 aliphatic carbocycles. The van der Waals surface area contributed by atoms with Gasteiger partial charge in [-0.2, -0.15) is 0 Å². The van der Waals surface area contributed by atoms with Crippen LogP contribution in [0.3, 0.4) is 0 Å². The van der Waals surface area contributed by atoms with Crippen molar-refractivity contribution >= 4 is 6.08 Å². The number of rotatable bonds is 11. The second-order valence-electron chi connectivity index (χ2n) is 12.5. The van der Waals surface area contributed by atoms with Crippen LogP contribution in [0.1, 0.15) is 112 Å². The molecule has 0 spiro atoms. The van der Waals surface area contributed by atoms with Gasteiger partial charge in [0.1, 0.15) is 12.2 Å². The molecule has 2 fully saturated rings. The van der Waals surface area contributed by atoms with Crippen LogP contribution in [0.5, 0.6) is 0 Å². The van der Waals surface area contributed by atoms with E-state index in [0.29, 0.717) is 11.1 Å². The van der Waals surface area contributed by atoms with Gasteiger partial charge in [0.15, 0.2) is 0 Å². The van der Waals surface area contributed by atoms with Crippen LogP contribution in [0.4, 0.5) is 0 Å². The highest BCUT2D eigenvalue weighted by atomic mass is 16.3. The summed E-state index contributed by atoms with van der Waals surface area (Å²) in [4.78, 5) is 0. The van der Waals surface area contributed by atoms with Crippen molar-refractivity contribution in [2.24, 2.45) is 11.5 Å². The first-order valence-electron chi connectivity index (χ1n) is 16.6. The SMILES string of the molecule is CCO.NC[C@H](O)[C@@H](O)c1cccc(/C=C/C2(O)CCCCC2)c1.NC[C@H](O)[C@@H](O)c1cccc(CCC2(O)CCCCC2)c1. The highest BCUT2D eigenvalue weighted by Gasteiger charge is 2.29. The molecule has 0 amide bonds. The van der Waals surface area contributed by atoms with Crippen molar-refractivity contribution in [2.45, 2.75) is 120 Å². The number of hydrogen-bond donors (Lipinski definition) is 9. The Kier molecular flexibility index (Phi) is 17.5. The van der Waals surface area contributed by atoms with Crippen molar-refractivity contribution in [1.29, 1.82) is 0 Å².